The molecule has 0 N–H and O–H groups in total. The minimum atomic E-state index is -0.000309. The summed E-state index contributed by atoms with van der Waals surface area (Å²) in [7, 11) is 0. The van der Waals surface area contributed by atoms with Crippen molar-refractivity contribution in [3.05, 3.63) is 24.0 Å². The number of ketones is 1. The molecule has 0 atom stereocenters. The highest BCUT2D eigenvalue weighted by Crippen LogP contribution is 1.96. The number of rotatable bonds is 3. The van der Waals surface area contributed by atoms with Crippen molar-refractivity contribution < 1.29 is 4.79 Å². The molecule has 0 amide bonds. The first kappa shape index (κ1) is 8.14. The number of nitrogens with zero attached hydrogens (tertiary/aromatic N) is 2. The Morgan fingerprint density at radius 3 is 2.91 bits per heavy atom. The molecule has 0 aliphatic carbocycles. The van der Waals surface area contributed by atoms with Crippen molar-refractivity contribution in [3.63, 3.8) is 0 Å². The third kappa shape index (κ3) is 2.63. The zero-order valence-corrected chi connectivity index (χ0v) is 6.58. The fourth-order valence-electron chi connectivity index (χ4n) is 0.698. The van der Waals surface area contributed by atoms with Crippen molar-refractivity contribution in [2.24, 2.45) is 0 Å². The van der Waals surface area contributed by atoms with Gasteiger partial charge in [-0.15, -0.1) is 11.6 Å². The standard InChI is InChI=1S/C7H7ClN2O/c8-4-7(11)3-6-1-2-9-10-5-6/h1-2,5H,3-4H2. The molecule has 3 nitrogen and oxygen atoms in total. The van der Waals surface area contributed by atoms with Crippen LogP contribution in [0.1, 0.15) is 5.56 Å². The van der Waals surface area contributed by atoms with Crippen LogP contribution in [0.4, 0.5) is 0 Å². The number of hydrogen-bond acceptors (Lipinski definition) is 3. The highest BCUT2D eigenvalue weighted by atomic mass is 35.5. The number of Topliss-reactive ketones (excluding diaryl/α,β-unsaturated/α-hetero) is 1. The van der Waals surface area contributed by atoms with Crippen LogP contribution in [0.25, 0.3) is 0 Å². The van der Waals surface area contributed by atoms with Crippen LogP contribution in [0.2, 0.25) is 0 Å². The van der Waals surface area contributed by atoms with Crippen molar-refractivity contribution >= 4 is 17.4 Å². The van der Waals surface area contributed by atoms with Crippen LogP contribution < -0.4 is 0 Å². The number of alkyl halides is 1. The van der Waals surface area contributed by atoms with Crippen LogP contribution in [0.15, 0.2) is 18.5 Å². The molecule has 0 aromatic carbocycles. The van der Waals surface area contributed by atoms with Gasteiger partial charge >= 0.3 is 0 Å². The maximum absolute atomic E-state index is 10.8. The number of aromatic nitrogens is 2. The molecule has 0 bridgehead atoms. The van der Waals surface area contributed by atoms with Crippen molar-refractivity contribution in [1.29, 1.82) is 0 Å². The second-order valence-electron chi connectivity index (χ2n) is 2.10. The summed E-state index contributed by atoms with van der Waals surface area (Å²) in [5, 5.41) is 7.21. The smallest absolute Gasteiger partial charge is 0.152 e. The van der Waals surface area contributed by atoms with Crippen LogP contribution in [-0.4, -0.2) is 21.9 Å². The van der Waals surface area contributed by atoms with Crippen LogP contribution in [0.3, 0.4) is 0 Å². The summed E-state index contributed by atoms with van der Waals surface area (Å²) in [6, 6.07) is 1.75. The van der Waals surface area contributed by atoms with Gasteiger partial charge in [0.25, 0.3) is 0 Å². The van der Waals surface area contributed by atoms with E-state index in [9.17, 15) is 4.79 Å². The molecule has 0 unspecified atom stereocenters. The van der Waals surface area contributed by atoms with E-state index in [1.807, 2.05) is 0 Å². The van der Waals surface area contributed by atoms with Crippen molar-refractivity contribution in [3.8, 4) is 0 Å². The first-order chi connectivity index (χ1) is 5.33. The van der Waals surface area contributed by atoms with Crippen LogP contribution in [0, 0.1) is 0 Å². The van der Waals surface area contributed by atoms with E-state index in [4.69, 9.17) is 11.6 Å². The third-order valence-corrected chi connectivity index (χ3v) is 1.49. The van der Waals surface area contributed by atoms with Crippen molar-refractivity contribution in [2.75, 3.05) is 5.88 Å². The van der Waals surface area contributed by atoms with Gasteiger partial charge in [-0.25, -0.2) is 0 Å². The van der Waals surface area contributed by atoms with E-state index in [0.29, 0.717) is 6.42 Å². The number of halogens is 1. The molecule has 1 aromatic heterocycles. The van der Waals surface area contributed by atoms with Gasteiger partial charge in [0.15, 0.2) is 5.78 Å². The molecule has 0 saturated heterocycles. The molecule has 4 heteroatoms. The lowest BCUT2D eigenvalue weighted by Gasteiger charge is -1.94. The Morgan fingerprint density at radius 2 is 2.36 bits per heavy atom. The topological polar surface area (TPSA) is 42.9 Å². The molecule has 1 heterocycles. The van der Waals surface area contributed by atoms with Gasteiger partial charge in [-0.1, -0.05) is 0 Å². The van der Waals surface area contributed by atoms with Crippen LogP contribution >= 0.6 is 11.6 Å². The Hall–Kier alpha value is -0.960. The molecule has 0 aliphatic rings. The predicted molar refractivity (Wildman–Crippen MR) is 41.5 cm³/mol. The Balaban J connectivity index is 2.58. The Bertz CT molecular complexity index is 237. The predicted octanol–water partition coefficient (Wildman–Crippen LogP) is 0.827. The number of hydrogen-bond donors (Lipinski definition) is 0. The van der Waals surface area contributed by atoms with E-state index in [2.05, 4.69) is 10.2 Å². The van der Waals surface area contributed by atoms with E-state index < -0.39 is 0 Å². The van der Waals surface area contributed by atoms with Gasteiger partial charge in [-0.05, 0) is 11.6 Å². The molecule has 0 fully saturated rings. The van der Waals surface area contributed by atoms with Gasteiger partial charge in [0.2, 0.25) is 0 Å². The summed E-state index contributed by atoms with van der Waals surface area (Å²) in [4.78, 5) is 10.8. The van der Waals surface area contributed by atoms with E-state index >= 15 is 0 Å². The maximum Gasteiger partial charge on any atom is 0.152 e. The highest BCUT2D eigenvalue weighted by molar-refractivity contribution is 6.27. The molecular weight excluding hydrogens is 164 g/mol. The fourth-order valence-corrected chi connectivity index (χ4v) is 0.792. The highest BCUT2D eigenvalue weighted by Gasteiger charge is 2.00. The lowest BCUT2D eigenvalue weighted by molar-refractivity contribution is -0.116. The molecule has 1 rings (SSSR count). The van der Waals surface area contributed by atoms with Gasteiger partial charge < -0.3 is 0 Å². The van der Waals surface area contributed by atoms with Crippen molar-refractivity contribution in [2.45, 2.75) is 6.42 Å². The zero-order valence-electron chi connectivity index (χ0n) is 5.83. The number of carbonyl (C=O) groups is 1. The van der Waals surface area contributed by atoms with Gasteiger partial charge in [-0.3, -0.25) is 4.79 Å². The fraction of sp³-hybridized carbons (Fsp3) is 0.286. The monoisotopic (exact) mass is 170 g/mol. The largest absolute Gasteiger partial charge is 0.298 e. The first-order valence-corrected chi connectivity index (χ1v) is 3.69. The van der Waals surface area contributed by atoms with E-state index in [-0.39, 0.29) is 11.7 Å². The van der Waals surface area contributed by atoms with Gasteiger partial charge in [0.1, 0.15) is 0 Å². The van der Waals surface area contributed by atoms with Gasteiger partial charge in [-0.2, -0.15) is 10.2 Å². The summed E-state index contributed by atoms with van der Waals surface area (Å²) in [5.74, 6) is 0.0576. The SMILES string of the molecule is O=C(CCl)Cc1ccnnc1. The van der Waals surface area contributed by atoms with Gasteiger partial charge in [0, 0.05) is 12.6 Å². The quantitative estimate of drug-likeness (QED) is 0.631. The Morgan fingerprint density at radius 1 is 1.55 bits per heavy atom. The van der Waals surface area contributed by atoms with Crippen LogP contribution in [0.5, 0.6) is 0 Å². The summed E-state index contributed by atoms with van der Waals surface area (Å²) >= 11 is 5.32. The molecule has 11 heavy (non-hydrogen) atoms. The Labute approximate surface area is 69.4 Å². The van der Waals surface area contributed by atoms with E-state index in [1.165, 1.54) is 0 Å². The van der Waals surface area contributed by atoms with E-state index in [1.54, 1.807) is 18.5 Å². The third-order valence-electron chi connectivity index (χ3n) is 1.20. The molecule has 0 radical (unpaired) electrons. The molecule has 0 saturated carbocycles. The zero-order chi connectivity index (χ0) is 8.10. The summed E-state index contributed by atoms with van der Waals surface area (Å²) in [5.41, 5.74) is 0.852. The lowest BCUT2D eigenvalue weighted by atomic mass is 10.2. The molecule has 58 valence electrons. The first-order valence-electron chi connectivity index (χ1n) is 3.16. The summed E-state index contributed by atoms with van der Waals surface area (Å²) in [6.45, 7) is 0. The second-order valence-corrected chi connectivity index (χ2v) is 2.37. The molecule has 0 spiro atoms. The Kier molecular flexibility index (Phi) is 2.98. The minimum Gasteiger partial charge on any atom is -0.298 e. The number of carbonyl (C=O) groups excluding carboxylic acids is 1. The second kappa shape index (κ2) is 4.03. The van der Waals surface area contributed by atoms with E-state index in [0.717, 1.165) is 5.56 Å². The van der Waals surface area contributed by atoms with Crippen LogP contribution in [-0.2, 0) is 11.2 Å². The van der Waals surface area contributed by atoms with Gasteiger partial charge in [0.05, 0.1) is 12.1 Å². The summed E-state index contributed by atoms with van der Waals surface area (Å²) < 4.78 is 0. The maximum atomic E-state index is 10.8. The lowest BCUT2D eigenvalue weighted by Crippen LogP contribution is -2.03. The van der Waals surface area contributed by atoms with Crippen molar-refractivity contribution in [1.82, 2.24) is 10.2 Å². The molecule has 0 aliphatic heterocycles. The molecular formula is C7H7ClN2O. The normalized spacial score (nSPS) is 9.55. The molecule has 1 aromatic rings. The average Bonchev–Trinajstić information content (AvgIpc) is 2.06. The average molecular weight is 171 g/mol. The summed E-state index contributed by atoms with van der Waals surface area (Å²) in [6.07, 6.45) is 3.46. The minimum absolute atomic E-state index is 0.000309.